The highest BCUT2D eigenvalue weighted by Gasteiger charge is 2.37. The lowest BCUT2D eigenvalue weighted by molar-refractivity contribution is -0.137. The van der Waals surface area contributed by atoms with Gasteiger partial charge in [0.15, 0.2) is 22.7 Å². The van der Waals surface area contributed by atoms with Crippen LogP contribution in [0.5, 0.6) is 0 Å². The van der Waals surface area contributed by atoms with E-state index in [1.54, 1.807) is 108 Å². The van der Waals surface area contributed by atoms with Crippen LogP contribution < -0.4 is 0 Å². The zero-order valence-corrected chi connectivity index (χ0v) is 43.4. The largest absolute Gasteiger partial charge is 0.417 e. The molecule has 386 valence electrons. The highest BCUT2D eigenvalue weighted by Crippen LogP contribution is 2.48. The minimum absolute atomic E-state index is 0.0407. The summed E-state index contributed by atoms with van der Waals surface area (Å²) in [5, 5.41) is 52.8. The molecule has 0 spiro atoms. The number of aromatic nitrogens is 2. The Labute approximate surface area is 477 Å². The molecule has 0 saturated carbocycles. The van der Waals surface area contributed by atoms with Crippen LogP contribution in [-0.2, 0) is 6.18 Å². The van der Waals surface area contributed by atoms with Crippen molar-refractivity contribution in [2.75, 3.05) is 0 Å². The Hall–Kier alpha value is -13.0. The predicted molar refractivity (Wildman–Crippen MR) is 316 cm³/mol. The number of hydrogen-bond acceptors (Lipinski definition) is 5. The molecule has 14 heteroatoms. The average molecular weight is 1080 g/mol. The van der Waals surface area contributed by atoms with E-state index in [0.29, 0.717) is 88.1 Å². The molecule has 0 unspecified atom stereocenters. The SMILES string of the molecule is [C-]#[N+]c1cc(C#N)cc(-c2ccc3c(c2)c2cc(-c4cc(C#N)cc([N+]#[C-])c4)ccc2n3-c2ccc(C#N)cc2-c2c(-n3c4ccc(-c5cc(C#N)cc([N+]#[C-])c5)cc4c4cc(-c5cc(C#N)cc([N+]#[C-])c5)ccc43)cccc2C(F)(F)F)c1. The number of benzene rings is 10. The summed E-state index contributed by atoms with van der Waals surface area (Å²) in [6, 6.07) is 60.2. The molecule has 84 heavy (non-hydrogen) atoms. The van der Waals surface area contributed by atoms with Gasteiger partial charge in [-0.05, 0) is 196 Å². The quantitative estimate of drug-likeness (QED) is 0.146. The molecule has 10 aromatic carbocycles. The van der Waals surface area contributed by atoms with Crippen LogP contribution in [0.15, 0.2) is 182 Å². The lowest BCUT2D eigenvalue weighted by atomic mass is 9.93. The Morgan fingerprint density at radius 2 is 0.667 bits per heavy atom. The highest BCUT2D eigenvalue weighted by molar-refractivity contribution is 6.14. The monoisotopic (exact) mass is 1080 g/mol. The van der Waals surface area contributed by atoms with Crippen molar-refractivity contribution < 1.29 is 13.2 Å². The Balaban J connectivity index is 1.17. The van der Waals surface area contributed by atoms with E-state index >= 15 is 13.2 Å². The fourth-order valence-corrected chi connectivity index (χ4v) is 11.2. The number of rotatable bonds is 7. The molecule has 2 aromatic heterocycles. The molecule has 0 N–H and O–H groups in total. The Kier molecular flexibility index (Phi) is 12.5. The fraction of sp³-hybridized carbons (Fsp3) is 0.0143. The Morgan fingerprint density at radius 1 is 0.333 bits per heavy atom. The number of fused-ring (bicyclic) bond motifs is 6. The molecule has 0 aliphatic rings. The Morgan fingerprint density at radius 3 is 0.976 bits per heavy atom. The first-order valence-electron chi connectivity index (χ1n) is 25.4. The molecule has 0 aliphatic carbocycles. The van der Waals surface area contributed by atoms with Gasteiger partial charge in [-0.3, -0.25) is 0 Å². The number of alkyl halides is 3. The normalized spacial score (nSPS) is 10.9. The van der Waals surface area contributed by atoms with Gasteiger partial charge in [-0.1, -0.05) is 30.3 Å². The van der Waals surface area contributed by atoms with Crippen LogP contribution in [0, 0.1) is 82.9 Å². The van der Waals surface area contributed by atoms with E-state index in [1.807, 2.05) is 41.0 Å². The van der Waals surface area contributed by atoms with Gasteiger partial charge in [0, 0.05) is 54.9 Å². The summed E-state index contributed by atoms with van der Waals surface area (Å²) < 4.78 is 52.3. The fourth-order valence-electron chi connectivity index (χ4n) is 11.2. The van der Waals surface area contributed by atoms with Crippen LogP contribution in [0.4, 0.5) is 35.9 Å². The van der Waals surface area contributed by atoms with Crippen molar-refractivity contribution in [1.29, 1.82) is 26.3 Å². The third kappa shape index (κ3) is 8.84. The molecule has 0 amide bonds. The van der Waals surface area contributed by atoms with Gasteiger partial charge < -0.3 is 9.13 Å². The summed E-state index contributed by atoms with van der Waals surface area (Å²) in [7, 11) is 0. The van der Waals surface area contributed by atoms with Crippen LogP contribution in [0.3, 0.4) is 0 Å². The third-order valence-electron chi connectivity index (χ3n) is 14.8. The zero-order chi connectivity index (χ0) is 58.6. The van der Waals surface area contributed by atoms with E-state index in [-0.39, 0.29) is 73.1 Å². The summed E-state index contributed by atoms with van der Waals surface area (Å²) in [6.45, 7) is 31.1. The maximum atomic E-state index is 16.3. The van der Waals surface area contributed by atoms with Gasteiger partial charge in [-0.25, -0.2) is 19.4 Å². The van der Waals surface area contributed by atoms with Crippen molar-refractivity contribution in [1.82, 2.24) is 9.13 Å². The molecule has 0 bridgehead atoms. The second kappa shape index (κ2) is 20.3. The molecular weight excluding hydrogens is 1050 g/mol. The summed E-state index contributed by atoms with van der Waals surface area (Å²) in [5.41, 5.74) is 7.94. The van der Waals surface area contributed by atoms with Crippen molar-refractivity contribution >= 4 is 66.4 Å². The van der Waals surface area contributed by atoms with E-state index in [0.717, 1.165) is 6.07 Å². The lowest BCUT2D eigenvalue weighted by Crippen LogP contribution is -2.11. The molecule has 0 fully saturated rings. The van der Waals surface area contributed by atoms with Crippen LogP contribution in [0.25, 0.3) is 130 Å². The summed E-state index contributed by atoms with van der Waals surface area (Å²) in [5.74, 6) is 0. The second-order valence-corrected chi connectivity index (χ2v) is 19.6. The minimum atomic E-state index is -4.97. The van der Waals surface area contributed by atoms with Crippen molar-refractivity contribution in [2.24, 2.45) is 0 Å². The molecular formula is C70H30F3N11. The van der Waals surface area contributed by atoms with Crippen LogP contribution in [0.2, 0.25) is 0 Å². The van der Waals surface area contributed by atoms with Gasteiger partial charge in [0.25, 0.3) is 0 Å². The highest BCUT2D eigenvalue weighted by atomic mass is 19.4. The van der Waals surface area contributed by atoms with Crippen LogP contribution in [-0.4, -0.2) is 9.13 Å². The van der Waals surface area contributed by atoms with Crippen LogP contribution >= 0.6 is 0 Å². The van der Waals surface area contributed by atoms with Crippen LogP contribution in [0.1, 0.15) is 33.4 Å². The molecule has 0 radical (unpaired) electrons. The predicted octanol–water partition coefficient (Wildman–Crippen LogP) is 18.8. The van der Waals surface area contributed by atoms with Crippen molar-refractivity contribution in [3.05, 3.63) is 261 Å². The maximum absolute atomic E-state index is 16.3. The number of halogens is 3. The van der Waals surface area contributed by atoms with E-state index in [2.05, 4.69) is 49.7 Å². The molecule has 0 saturated heterocycles. The van der Waals surface area contributed by atoms with Gasteiger partial charge in [-0.15, -0.1) is 0 Å². The van der Waals surface area contributed by atoms with E-state index in [1.165, 1.54) is 36.4 Å². The van der Waals surface area contributed by atoms with Crippen molar-refractivity contribution in [3.63, 3.8) is 0 Å². The van der Waals surface area contributed by atoms with Gasteiger partial charge in [-0.2, -0.15) is 39.5 Å². The standard InChI is InChI=1S/C70H30F3N11/c1-79-53-22-41(36-75)18-49(27-53)45-9-14-63-57(31-45)58-32-46(50-19-42(37-76)23-54(28-50)80-2)10-15-64(58)83(63)67-13-8-40(35-74)26-61(67)69-62(70(71,72)73)6-5-7-68(69)84-65-16-11-47(51-20-43(38-77)24-55(29-51)81-3)33-59(65)60-34-48(12-17-66(60)84)52-21-44(39-78)25-56(30-52)82-4/h5-34H. The lowest BCUT2D eigenvalue weighted by Gasteiger charge is -2.22. The zero-order valence-electron chi connectivity index (χ0n) is 43.4. The number of nitriles is 5. The topological polar surface area (TPSA) is 146 Å². The second-order valence-electron chi connectivity index (χ2n) is 19.6. The minimum Gasteiger partial charge on any atom is -0.309 e. The van der Waals surface area contributed by atoms with E-state index in [9.17, 15) is 26.3 Å². The van der Waals surface area contributed by atoms with Gasteiger partial charge in [0.05, 0.1) is 101 Å². The average Bonchev–Trinajstić information content (AvgIpc) is 2.26. The number of nitrogens with zero attached hydrogens (tertiary/aromatic N) is 11. The molecule has 2 heterocycles. The van der Waals surface area contributed by atoms with Crippen molar-refractivity contribution in [3.8, 4) is 97.4 Å². The number of hydrogen-bond donors (Lipinski definition) is 0. The molecule has 11 nitrogen and oxygen atoms in total. The summed E-state index contributed by atoms with van der Waals surface area (Å²) >= 11 is 0. The Bertz CT molecular complexity index is 4930. The summed E-state index contributed by atoms with van der Waals surface area (Å²) in [4.78, 5) is 14.4. The summed E-state index contributed by atoms with van der Waals surface area (Å²) in [6.07, 6.45) is -4.97. The molecule has 12 aromatic rings. The van der Waals surface area contributed by atoms with Gasteiger partial charge in [0.2, 0.25) is 0 Å². The van der Waals surface area contributed by atoms with Gasteiger partial charge in [0.1, 0.15) is 0 Å². The smallest absolute Gasteiger partial charge is 0.309 e. The van der Waals surface area contributed by atoms with E-state index < -0.39 is 11.7 Å². The van der Waals surface area contributed by atoms with Crippen molar-refractivity contribution in [2.45, 2.75) is 6.18 Å². The first kappa shape index (κ1) is 51.7. The maximum Gasteiger partial charge on any atom is 0.417 e. The molecule has 0 atom stereocenters. The molecule has 0 aliphatic heterocycles. The van der Waals surface area contributed by atoms with Gasteiger partial charge >= 0.3 is 6.18 Å². The first-order chi connectivity index (χ1) is 40.8. The first-order valence-corrected chi connectivity index (χ1v) is 25.4. The molecule has 12 rings (SSSR count). The third-order valence-corrected chi connectivity index (χ3v) is 14.8. The van der Waals surface area contributed by atoms with E-state index in [4.69, 9.17) is 26.3 Å².